The fraction of sp³-hybridized carbons (Fsp3) is 0.344. The molecule has 34 heavy (non-hydrogen) atoms. The Morgan fingerprint density at radius 3 is 1.94 bits per heavy atom. The van der Waals surface area contributed by atoms with Crippen LogP contribution < -0.4 is 5.32 Å². The summed E-state index contributed by atoms with van der Waals surface area (Å²) in [4.78, 5) is 5.29. The lowest BCUT2D eigenvalue weighted by atomic mass is 9.85. The van der Waals surface area contributed by atoms with Crippen LogP contribution in [0, 0.1) is 0 Å². The van der Waals surface area contributed by atoms with Gasteiger partial charge in [0.05, 0.1) is 16.9 Å². The van der Waals surface area contributed by atoms with Crippen LogP contribution >= 0.6 is 0 Å². The standard InChI is InChI=1S/C32H38N2/c1-7-32(8-2,34-31-25(22(3)4)17-12-18-26(31)23(5)6)30-21-13-20-29(33-30)28-19-11-15-24-14-9-10-16-27(24)28/h9-23,34H,7-8H2,1-6H3. The van der Waals surface area contributed by atoms with Crippen LogP contribution in [-0.4, -0.2) is 4.98 Å². The van der Waals surface area contributed by atoms with Crippen molar-refractivity contribution in [1.82, 2.24) is 4.98 Å². The van der Waals surface area contributed by atoms with Gasteiger partial charge >= 0.3 is 0 Å². The molecular weight excluding hydrogens is 412 g/mol. The molecule has 0 saturated carbocycles. The fourth-order valence-corrected chi connectivity index (χ4v) is 5.09. The molecule has 0 fully saturated rings. The van der Waals surface area contributed by atoms with Gasteiger partial charge < -0.3 is 5.32 Å². The molecule has 1 heterocycles. The van der Waals surface area contributed by atoms with Gasteiger partial charge in [0.2, 0.25) is 0 Å². The van der Waals surface area contributed by atoms with Crippen LogP contribution in [0.4, 0.5) is 5.69 Å². The van der Waals surface area contributed by atoms with Gasteiger partial charge in [0.25, 0.3) is 0 Å². The molecule has 2 nitrogen and oxygen atoms in total. The predicted octanol–water partition coefficient (Wildman–Crippen LogP) is 9.28. The highest BCUT2D eigenvalue weighted by molar-refractivity contribution is 5.95. The molecule has 176 valence electrons. The van der Waals surface area contributed by atoms with Crippen LogP contribution in [0.3, 0.4) is 0 Å². The molecule has 0 unspecified atom stereocenters. The normalized spacial score (nSPS) is 12.0. The summed E-state index contributed by atoms with van der Waals surface area (Å²) in [7, 11) is 0. The lowest BCUT2D eigenvalue weighted by molar-refractivity contribution is 0.440. The number of hydrogen-bond acceptors (Lipinski definition) is 2. The summed E-state index contributed by atoms with van der Waals surface area (Å²) in [6.07, 6.45) is 1.92. The van der Waals surface area contributed by atoms with Crippen molar-refractivity contribution in [3.8, 4) is 11.3 Å². The highest BCUT2D eigenvalue weighted by Crippen LogP contribution is 2.40. The Balaban J connectivity index is 1.85. The van der Waals surface area contributed by atoms with E-state index in [1.54, 1.807) is 0 Å². The fourth-order valence-electron chi connectivity index (χ4n) is 5.09. The van der Waals surface area contributed by atoms with E-state index in [4.69, 9.17) is 4.98 Å². The van der Waals surface area contributed by atoms with Crippen LogP contribution in [0.2, 0.25) is 0 Å². The minimum Gasteiger partial charge on any atom is -0.374 e. The molecule has 0 aliphatic rings. The molecule has 0 radical (unpaired) electrons. The summed E-state index contributed by atoms with van der Waals surface area (Å²) in [6, 6.07) is 28.3. The van der Waals surface area contributed by atoms with E-state index in [-0.39, 0.29) is 5.54 Å². The first-order chi connectivity index (χ1) is 16.4. The Bertz CT molecular complexity index is 1230. The number of nitrogens with zero attached hydrogens (tertiary/aromatic N) is 1. The molecular formula is C32H38N2. The first-order valence-electron chi connectivity index (χ1n) is 12.8. The summed E-state index contributed by atoms with van der Waals surface area (Å²) in [5, 5.41) is 6.55. The quantitative estimate of drug-likeness (QED) is 0.289. The lowest BCUT2D eigenvalue weighted by Gasteiger charge is -2.36. The van der Waals surface area contributed by atoms with Crippen molar-refractivity contribution >= 4 is 16.5 Å². The van der Waals surface area contributed by atoms with Gasteiger partial charge in [-0.1, -0.05) is 108 Å². The first kappa shape index (κ1) is 24.0. The van der Waals surface area contributed by atoms with Crippen molar-refractivity contribution in [2.45, 2.75) is 71.8 Å². The number of hydrogen-bond donors (Lipinski definition) is 1. The molecule has 0 spiro atoms. The molecule has 4 rings (SSSR count). The predicted molar refractivity (Wildman–Crippen MR) is 148 cm³/mol. The highest BCUT2D eigenvalue weighted by Gasteiger charge is 2.32. The molecule has 0 saturated heterocycles. The maximum atomic E-state index is 5.29. The summed E-state index contributed by atoms with van der Waals surface area (Å²) in [5.74, 6) is 0.894. The van der Waals surface area contributed by atoms with Crippen molar-refractivity contribution in [3.63, 3.8) is 0 Å². The molecule has 3 aromatic carbocycles. The number of anilines is 1. The van der Waals surface area contributed by atoms with Gasteiger partial charge in [-0.05, 0) is 58.7 Å². The Hall–Kier alpha value is -3.13. The maximum absolute atomic E-state index is 5.29. The average molecular weight is 451 g/mol. The second-order valence-electron chi connectivity index (χ2n) is 9.97. The second kappa shape index (κ2) is 10.0. The van der Waals surface area contributed by atoms with Crippen LogP contribution in [0.1, 0.15) is 83.0 Å². The van der Waals surface area contributed by atoms with Gasteiger partial charge in [-0.15, -0.1) is 0 Å². The van der Waals surface area contributed by atoms with E-state index < -0.39 is 0 Å². The zero-order valence-electron chi connectivity index (χ0n) is 21.5. The third-order valence-corrected chi connectivity index (χ3v) is 7.25. The number of fused-ring (bicyclic) bond motifs is 1. The van der Waals surface area contributed by atoms with Crippen molar-refractivity contribution in [2.24, 2.45) is 0 Å². The summed E-state index contributed by atoms with van der Waals surface area (Å²) in [5.41, 5.74) is 7.13. The second-order valence-corrected chi connectivity index (χ2v) is 9.97. The van der Waals surface area contributed by atoms with E-state index in [9.17, 15) is 0 Å². The number of para-hydroxylation sites is 1. The molecule has 1 N–H and O–H groups in total. The summed E-state index contributed by atoms with van der Waals surface area (Å²) >= 11 is 0. The number of nitrogens with one attached hydrogen (secondary N) is 1. The van der Waals surface area contributed by atoms with E-state index in [2.05, 4.69) is 126 Å². The van der Waals surface area contributed by atoms with Gasteiger partial charge in [-0.2, -0.15) is 0 Å². The topological polar surface area (TPSA) is 24.9 Å². The Labute approximate surface area is 205 Å². The van der Waals surface area contributed by atoms with E-state index in [1.807, 2.05) is 0 Å². The third kappa shape index (κ3) is 4.46. The summed E-state index contributed by atoms with van der Waals surface area (Å²) < 4.78 is 0. The van der Waals surface area contributed by atoms with Gasteiger partial charge in [0.1, 0.15) is 0 Å². The average Bonchev–Trinajstić information content (AvgIpc) is 2.86. The molecule has 0 atom stereocenters. The molecule has 0 amide bonds. The van der Waals surface area contributed by atoms with E-state index in [1.165, 1.54) is 33.2 Å². The molecule has 0 aliphatic carbocycles. The number of benzene rings is 3. The van der Waals surface area contributed by atoms with Crippen molar-refractivity contribution in [3.05, 3.63) is 95.7 Å². The Morgan fingerprint density at radius 1 is 0.706 bits per heavy atom. The maximum Gasteiger partial charge on any atom is 0.0790 e. The lowest BCUT2D eigenvalue weighted by Crippen LogP contribution is -2.36. The van der Waals surface area contributed by atoms with Crippen molar-refractivity contribution in [2.75, 3.05) is 5.32 Å². The SMILES string of the molecule is CCC(CC)(Nc1c(C(C)C)cccc1C(C)C)c1cccc(-c2cccc3ccccc23)n1. The molecule has 0 bridgehead atoms. The monoisotopic (exact) mass is 450 g/mol. The minimum atomic E-state index is -0.241. The van der Waals surface area contributed by atoms with E-state index in [0.717, 1.165) is 24.2 Å². The molecule has 2 heteroatoms. The number of rotatable bonds is 8. The van der Waals surface area contributed by atoms with Gasteiger partial charge in [0, 0.05) is 11.3 Å². The smallest absolute Gasteiger partial charge is 0.0790 e. The van der Waals surface area contributed by atoms with Crippen molar-refractivity contribution in [1.29, 1.82) is 0 Å². The van der Waals surface area contributed by atoms with Gasteiger partial charge in [-0.3, -0.25) is 4.98 Å². The van der Waals surface area contributed by atoms with Gasteiger partial charge in [0.15, 0.2) is 0 Å². The Kier molecular flexibility index (Phi) is 7.07. The first-order valence-corrected chi connectivity index (χ1v) is 12.8. The largest absolute Gasteiger partial charge is 0.374 e. The van der Waals surface area contributed by atoms with Crippen LogP contribution in [0.5, 0.6) is 0 Å². The zero-order valence-corrected chi connectivity index (χ0v) is 21.5. The van der Waals surface area contributed by atoms with Crippen LogP contribution in [0.25, 0.3) is 22.0 Å². The number of pyridine rings is 1. The van der Waals surface area contributed by atoms with Gasteiger partial charge in [-0.25, -0.2) is 0 Å². The van der Waals surface area contributed by atoms with Crippen LogP contribution in [-0.2, 0) is 5.54 Å². The minimum absolute atomic E-state index is 0.241. The van der Waals surface area contributed by atoms with Crippen LogP contribution in [0.15, 0.2) is 78.9 Å². The molecule has 4 aromatic rings. The summed E-state index contributed by atoms with van der Waals surface area (Å²) in [6.45, 7) is 13.7. The molecule has 1 aromatic heterocycles. The van der Waals surface area contributed by atoms with Crippen molar-refractivity contribution < 1.29 is 0 Å². The zero-order chi connectivity index (χ0) is 24.3. The third-order valence-electron chi connectivity index (χ3n) is 7.25. The Morgan fingerprint density at radius 2 is 1.29 bits per heavy atom. The van der Waals surface area contributed by atoms with E-state index >= 15 is 0 Å². The molecule has 0 aliphatic heterocycles. The van der Waals surface area contributed by atoms with E-state index in [0.29, 0.717) is 11.8 Å². The highest BCUT2D eigenvalue weighted by atomic mass is 15.0. The number of aromatic nitrogens is 1.